The molecule has 0 bridgehead atoms. The second-order valence-corrected chi connectivity index (χ2v) is 5.50. The van der Waals surface area contributed by atoms with Crippen LogP contribution in [0, 0.1) is 0 Å². The summed E-state index contributed by atoms with van der Waals surface area (Å²) in [7, 11) is 1.55. The highest BCUT2D eigenvalue weighted by Gasteiger charge is 2.07. The number of benzene rings is 2. The number of hydrogen-bond acceptors (Lipinski definition) is 4. The fraction of sp³-hybridized carbons (Fsp3) is 0.150. The van der Waals surface area contributed by atoms with Gasteiger partial charge >= 0.3 is 0 Å². The van der Waals surface area contributed by atoms with E-state index in [4.69, 9.17) is 4.74 Å². The molecular weight excluding hydrogens is 330 g/mol. The van der Waals surface area contributed by atoms with Crippen LogP contribution >= 0.6 is 0 Å². The summed E-state index contributed by atoms with van der Waals surface area (Å²) < 4.78 is 5.03. The number of ether oxygens (including phenoxy) is 1. The molecule has 0 aliphatic rings. The second kappa shape index (κ2) is 9.78. The Hall–Kier alpha value is -3.41. The molecule has 0 atom stereocenters. The summed E-state index contributed by atoms with van der Waals surface area (Å²) in [5.41, 5.74) is 4.77. The third-order valence-corrected chi connectivity index (χ3v) is 3.41. The van der Waals surface area contributed by atoms with Gasteiger partial charge in [-0.05, 0) is 42.3 Å². The number of methoxy groups -OCH3 is 1. The normalized spacial score (nSPS) is 11.2. The molecule has 2 N–H and O–H groups in total. The largest absolute Gasteiger partial charge is 0.497 e. The van der Waals surface area contributed by atoms with Gasteiger partial charge in [0.2, 0.25) is 0 Å². The van der Waals surface area contributed by atoms with Crippen LogP contribution in [0.2, 0.25) is 0 Å². The monoisotopic (exact) mass is 351 g/mol. The van der Waals surface area contributed by atoms with E-state index in [1.165, 1.54) is 0 Å². The third kappa shape index (κ3) is 6.24. The summed E-state index contributed by atoms with van der Waals surface area (Å²) in [6, 6.07) is 16.4. The summed E-state index contributed by atoms with van der Waals surface area (Å²) in [4.78, 5) is 23.7. The maximum atomic E-state index is 12.0. The minimum absolute atomic E-state index is 0.163. The maximum absolute atomic E-state index is 12.0. The highest BCUT2D eigenvalue weighted by molar-refractivity contribution is 5.96. The van der Waals surface area contributed by atoms with Gasteiger partial charge in [0, 0.05) is 5.56 Å². The molecule has 2 amide bonds. The summed E-state index contributed by atoms with van der Waals surface area (Å²) >= 11 is 0. The number of carbonyl (C=O) groups is 2. The minimum Gasteiger partial charge on any atom is -0.497 e. The maximum Gasteiger partial charge on any atom is 0.259 e. The van der Waals surface area contributed by atoms with E-state index in [1.54, 1.807) is 37.6 Å². The Kier molecular flexibility index (Phi) is 7.12. The highest BCUT2D eigenvalue weighted by atomic mass is 16.5. The van der Waals surface area contributed by atoms with Gasteiger partial charge in [-0.25, -0.2) is 5.43 Å². The number of rotatable bonds is 7. The van der Waals surface area contributed by atoms with Crippen molar-refractivity contribution in [2.75, 3.05) is 13.7 Å². The second-order valence-electron chi connectivity index (χ2n) is 5.50. The van der Waals surface area contributed by atoms with Crippen molar-refractivity contribution < 1.29 is 14.3 Å². The predicted octanol–water partition coefficient (Wildman–Crippen LogP) is 2.63. The van der Waals surface area contributed by atoms with Crippen LogP contribution in [-0.4, -0.2) is 31.7 Å². The topological polar surface area (TPSA) is 79.8 Å². The van der Waals surface area contributed by atoms with Crippen LogP contribution in [0.3, 0.4) is 0 Å². The van der Waals surface area contributed by atoms with Crippen molar-refractivity contribution in [3.8, 4) is 5.75 Å². The highest BCUT2D eigenvalue weighted by Crippen LogP contribution is 2.10. The molecule has 26 heavy (non-hydrogen) atoms. The summed E-state index contributed by atoms with van der Waals surface area (Å²) in [6.45, 7) is 1.72. The molecular formula is C20H21N3O3. The van der Waals surface area contributed by atoms with Crippen LogP contribution < -0.4 is 15.5 Å². The first-order valence-corrected chi connectivity index (χ1v) is 8.06. The molecule has 0 radical (unpaired) electrons. The Morgan fingerprint density at radius 1 is 1.08 bits per heavy atom. The molecule has 0 saturated heterocycles. The zero-order chi connectivity index (χ0) is 18.8. The first-order chi connectivity index (χ1) is 12.6. The smallest absolute Gasteiger partial charge is 0.259 e. The summed E-state index contributed by atoms with van der Waals surface area (Å²) in [5.74, 6) is -0.0879. The van der Waals surface area contributed by atoms with E-state index < -0.39 is 5.91 Å². The number of amides is 2. The zero-order valence-electron chi connectivity index (χ0n) is 14.7. The minimum atomic E-state index is -0.407. The quantitative estimate of drug-likeness (QED) is 0.594. The van der Waals surface area contributed by atoms with E-state index in [0.29, 0.717) is 11.3 Å². The van der Waals surface area contributed by atoms with Crippen LogP contribution in [0.15, 0.2) is 65.3 Å². The lowest BCUT2D eigenvalue weighted by atomic mass is 10.1. The van der Waals surface area contributed by atoms with E-state index in [2.05, 4.69) is 15.8 Å². The molecule has 6 heteroatoms. The van der Waals surface area contributed by atoms with Gasteiger partial charge in [-0.2, -0.15) is 5.10 Å². The molecule has 0 spiro atoms. The molecule has 0 aliphatic carbocycles. The van der Waals surface area contributed by atoms with Gasteiger partial charge < -0.3 is 10.1 Å². The van der Waals surface area contributed by atoms with Gasteiger partial charge in [0.05, 0.1) is 19.9 Å². The summed E-state index contributed by atoms with van der Waals surface area (Å²) in [5, 5.41) is 6.41. The van der Waals surface area contributed by atoms with Crippen molar-refractivity contribution in [2.45, 2.75) is 6.92 Å². The fourth-order valence-electron chi connectivity index (χ4n) is 2.10. The molecule has 0 saturated carbocycles. The Morgan fingerprint density at radius 2 is 1.77 bits per heavy atom. The molecule has 6 nitrogen and oxygen atoms in total. The Bertz CT molecular complexity index is 797. The average molecular weight is 351 g/mol. The number of nitrogens with one attached hydrogen (secondary N) is 2. The van der Waals surface area contributed by atoms with Crippen molar-refractivity contribution in [2.24, 2.45) is 5.10 Å². The van der Waals surface area contributed by atoms with Gasteiger partial charge in [0.15, 0.2) is 0 Å². The van der Waals surface area contributed by atoms with Gasteiger partial charge in [-0.1, -0.05) is 36.4 Å². The Labute approximate surface area is 152 Å². The Balaban J connectivity index is 1.77. The van der Waals surface area contributed by atoms with Crippen LogP contribution in [0.1, 0.15) is 22.8 Å². The lowest BCUT2D eigenvalue weighted by molar-refractivity contribution is -0.120. The van der Waals surface area contributed by atoms with E-state index in [1.807, 2.05) is 43.3 Å². The molecule has 2 rings (SSSR count). The molecule has 0 aromatic heterocycles. The van der Waals surface area contributed by atoms with E-state index >= 15 is 0 Å². The Morgan fingerprint density at radius 3 is 2.42 bits per heavy atom. The fourth-order valence-corrected chi connectivity index (χ4v) is 2.10. The third-order valence-electron chi connectivity index (χ3n) is 3.41. The number of nitrogens with zero attached hydrogens (tertiary/aromatic N) is 1. The van der Waals surface area contributed by atoms with Crippen LogP contribution in [-0.2, 0) is 4.79 Å². The van der Waals surface area contributed by atoms with E-state index in [0.717, 1.165) is 11.1 Å². The molecule has 0 fully saturated rings. The van der Waals surface area contributed by atoms with Gasteiger partial charge in [-0.3, -0.25) is 9.59 Å². The molecule has 2 aromatic rings. The standard InChI is InChI=1S/C20H21N3O3/c1-15(12-16-6-4-3-5-7-16)13-22-23-19(24)14-21-20(25)17-8-10-18(26-2)11-9-17/h3-13H,14H2,1-2H3,(H,21,25)(H,23,24). The first-order valence-electron chi connectivity index (χ1n) is 8.06. The molecule has 134 valence electrons. The SMILES string of the molecule is COc1ccc(C(=O)NCC(=O)NN=CC(C)=Cc2ccccc2)cc1. The average Bonchev–Trinajstić information content (AvgIpc) is 2.67. The van der Waals surface area contributed by atoms with Crippen LogP contribution in [0.5, 0.6) is 5.75 Å². The van der Waals surface area contributed by atoms with Gasteiger partial charge in [0.25, 0.3) is 11.8 Å². The molecule has 0 heterocycles. The number of hydrogen-bond donors (Lipinski definition) is 2. The van der Waals surface area contributed by atoms with Crippen molar-refractivity contribution >= 4 is 24.1 Å². The van der Waals surface area contributed by atoms with Crippen molar-refractivity contribution in [3.05, 3.63) is 71.3 Å². The lowest BCUT2D eigenvalue weighted by Gasteiger charge is -2.05. The van der Waals surface area contributed by atoms with E-state index in [9.17, 15) is 9.59 Å². The zero-order valence-corrected chi connectivity index (χ0v) is 14.7. The van der Waals surface area contributed by atoms with Gasteiger partial charge in [-0.15, -0.1) is 0 Å². The molecule has 0 aliphatic heterocycles. The van der Waals surface area contributed by atoms with Crippen molar-refractivity contribution in [1.82, 2.24) is 10.7 Å². The van der Waals surface area contributed by atoms with E-state index in [-0.39, 0.29) is 12.5 Å². The number of hydrazone groups is 1. The number of carbonyl (C=O) groups excluding carboxylic acids is 2. The number of allylic oxidation sites excluding steroid dienone is 1. The van der Waals surface area contributed by atoms with Crippen molar-refractivity contribution in [1.29, 1.82) is 0 Å². The lowest BCUT2D eigenvalue weighted by Crippen LogP contribution is -2.34. The molecule has 0 unspecified atom stereocenters. The first kappa shape index (κ1) is 18.9. The van der Waals surface area contributed by atoms with Crippen LogP contribution in [0.25, 0.3) is 6.08 Å². The van der Waals surface area contributed by atoms with Crippen LogP contribution in [0.4, 0.5) is 0 Å². The summed E-state index contributed by atoms with van der Waals surface area (Å²) in [6.07, 6.45) is 3.50. The predicted molar refractivity (Wildman–Crippen MR) is 102 cm³/mol. The van der Waals surface area contributed by atoms with Crippen molar-refractivity contribution in [3.63, 3.8) is 0 Å². The molecule has 2 aromatic carbocycles. The van der Waals surface area contributed by atoms with Gasteiger partial charge in [0.1, 0.15) is 5.75 Å².